The number of amides is 2. The van der Waals surface area contributed by atoms with Gasteiger partial charge in [0.1, 0.15) is 0 Å². The molecule has 4 atom stereocenters. The van der Waals surface area contributed by atoms with E-state index in [1.54, 1.807) is 24.3 Å². The molecular weight excluding hydrogens is 432 g/mol. The number of Topliss-reactive ketones (excluding diaryl/α,β-unsaturated/α-hetero) is 1. The van der Waals surface area contributed by atoms with Crippen molar-refractivity contribution in [2.75, 3.05) is 11.4 Å². The molecule has 3 fully saturated rings. The van der Waals surface area contributed by atoms with E-state index in [2.05, 4.69) is 33.0 Å². The first-order valence-electron chi connectivity index (χ1n) is 9.97. The van der Waals surface area contributed by atoms with Gasteiger partial charge in [0, 0.05) is 22.1 Å². The molecule has 5 nitrogen and oxygen atoms in total. The number of benzene rings is 2. The van der Waals surface area contributed by atoms with Crippen molar-refractivity contribution in [3.8, 4) is 0 Å². The summed E-state index contributed by atoms with van der Waals surface area (Å²) in [5, 5.41) is 0. The lowest BCUT2D eigenvalue weighted by atomic mass is 9.85. The van der Waals surface area contributed by atoms with Crippen molar-refractivity contribution in [2.45, 2.75) is 31.8 Å². The van der Waals surface area contributed by atoms with Crippen LogP contribution in [0.5, 0.6) is 0 Å². The average molecular weight is 453 g/mol. The summed E-state index contributed by atoms with van der Waals surface area (Å²) in [5.41, 5.74) is 2.21. The first-order chi connectivity index (χ1) is 14.0. The molecule has 3 aliphatic rings. The highest BCUT2D eigenvalue weighted by atomic mass is 79.9. The summed E-state index contributed by atoms with van der Waals surface area (Å²) in [6.45, 7) is 2.43. The van der Waals surface area contributed by atoms with E-state index >= 15 is 0 Å². The minimum Gasteiger partial charge on any atom is -0.295 e. The Morgan fingerprint density at radius 3 is 2.28 bits per heavy atom. The van der Waals surface area contributed by atoms with E-state index in [4.69, 9.17) is 0 Å². The van der Waals surface area contributed by atoms with E-state index in [-0.39, 0.29) is 41.5 Å². The normalized spacial score (nSPS) is 28.7. The Morgan fingerprint density at radius 2 is 1.62 bits per heavy atom. The van der Waals surface area contributed by atoms with Crippen LogP contribution in [0.3, 0.4) is 0 Å². The highest BCUT2D eigenvalue weighted by molar-refractivity contribution is 9.10. The van der Waals surface area contributed by atoms with Crippen LogP contribution in [0.1, 0.15) is 41.7 Å². The van der Waals surface area contributed by atoms with Gasteiger partial charge in [0.2, 0.25) is 11.8 Å². The number of rotatable bonds is 3. The molecule has 0 saturated carbocycles. The third kappa shape index (κ3) is 2.81. The van der Waals surface area contributed by atoms with E-state index in [1.807, 2.05) is 12.1 Å². The molecule has 3 aliphatic heterocycles. The van der Waals surface area contributed by atoms with Crippen LogP contribution >= 0.6 is 15.9 Å². The fourth-order valence-electron chi connectivity index (χ4n) is 5.36. The van der Waals surface area contributed by atoms with Crippen LogP contribution in [0.15, 0.2) is 53.0 Å². The summed E-state index contributed by atoms with van der Waals surface area (Å²) in [6, 6.07) is 14.9. The standard InChI is InChI=1S/C23H21BrN2O3/c1-13(27)14-6-10-17(11-7-14)26-22(28)19-18-3-2-12-25(18)21(20(19)23(26)29)15-4-8-16(24)9-5-15/h4-11,18-21H,2-3,12H2,1H3/t18?,19-,20-,21+/m0/s1. The molecule has 0 aliphatic carbocycles. The van der Waals surface area contributed by atoms with Crippen LogP contribution in [-0.4, -0.2) is 35.1 Å². The zero-order chi connectivity index (χ0) is 20.3. The summed E-state index contributed by atoms with van der Waals surface area (Å²) in [5.74, 6) is -0.929. The number of carbonyl (C=O) groups excluding carboxylic acids is 3. The van der Waals surface area contributed by atoms with Crippen molar-refractivity contribution >= 4 is 39.2 Å². The van der Waals surface area contributed by atoms with Crippen LogP contribution in [-0.2, 0) is 9.59 Å². The van der Waals surface area contributed by atoms with Gasteiger partial charge in [0.05, 0.1) is 17.5 Å². The molecule has 2 aromatic carbocycles. The molecule has 6 heteroatoms. The molecule has 5 rings (SSSR count). The summed E-state index contributed by atoms with van der Waals surface area (Å²) in [7, 11) is 0. The summed E-state index contributed by atoms with van der Waals surface area (Å²) < 4.78 is 0.995. The van der Waals surface area contributed by atoms with Gasteiger partial charge in [-0.2, -0.15) is 0 Å². The van der Waals surface area contributed by atoms with Crippen LogP contribution in [0.2, 0.25) is 0 Å². The highest BCUT2D eigenvalue weighted by Gasteiger charge is 2.63. The second-order valence-electron chi connectivity index (χ2n) is 8.11. The van der Waals surface area contributed by atoms with Gasteiger partial charge in [0.25, 0.3) is 0 Å². The van der Waals surface area contributed by atoms with Crippen molar-refractivity contribution in [2.24, 2.45) is 11.8 Å². The largest absolute Gasteiger partial charge is 0.295 e. The topological polar surface area (TPSA) is 57.7 Å². The second-order valence-corrected chi connectivity index (χ2v) is 9.03. The Balaban J connectivity index is 1.54. The smallest absolute Gasteiger partial charge is 0.239 e. The van der Waals surface area contributed by atoms with E-state index < -0.39 is 0 Å². The number of carbonyl (C=O) groups is 3. The van der Waals surface area contributed by atoms with Crippen molar-refractivity contribution in [3.05, 3.63) is 64.1 Å². The third-order valence-electron chi connectivity index (χ3n) is 6.60. The van der Waals surface area contributed by atoms with Gasteiger partial charge in [0.15, 0.2) is 5.78 Å². The number of fused-ring (bicyclic) bond motifs is 3. The van der Waals surface area contributed by atoms with Crippen LogP contribution in [0.4, 0.5) is 5.69 Å². The van der Waals surface area contributed by atoms with Crippen LogP contribution in [0, 0.1) is 11.8 Å². The molecule has 2 amide bonds. The minimum atomic E-state index is -0.360. The zero-order valence-corrected chi connectivity index (χ0v) is 17.6. The molecular formula is C23H21BrN2O3. The monoisotopic (exact) mass is 452 g/mol. The molecule has 0 aromatic heterocycles. The maximum atomic E-state index is 13.5. The van der Waals surface area contributed by atoms with Gasteiger partial charge in [-0.25, -0.2) is 4.90 Å². The molecule has 2 aromatic rings. The Kier molecular flexibility index (Phi) is 4.44. The lowest BCUT2D eigenvalue weighted by Crippen LogP contribution is -2.39. The minimum absolute atomic E-state index is 0.0376. The maximum Gasteiger partial charge on any atom is 0.239 e. The first-order valence-corrected chi connectivity index (χ1v) is 10.8. The van der Waals surface area contributed by atoms with Gasteiger partial charge in [-0.3, -0.25) is 19.3 Å². The number of anilines is 1. The lowest BCUT2D eigenvalue weighted by molar-refractivity contribution is -0.123. The zero-order valence-electron chi connectivity index (χ0n) is 16.0. The van der Waals surface area contributed by atoms with Crippen LogP contribution < -0.4 is 4.90 Å². The van der Waals surface area contributed by atoms with Crippen molar-refractivity contribution in [3.63, 3.8) is 0 Å². The Hall–Kier alpha value is -2.31. The number of halogens is 1. The first kappa shape index (κ1) is 18.7. The number of hydrogen-bond donors (Lipinski definition) is 0. The Bertz CT molecular complexity index is 1000. The summed E-state index contributed by atoms with van der Waals surface area (Å²) in [4.78, 5) is 42.2. The highest BCUT2D eigenvalue weighted by Crippen LogP contribution is 2.53. The molecule has 0 bridgehead atoms. The average Bonchev–Trinajstić information content (AvgIpc) is 3.35. The predicted octanol–water partition coefficient (Wildman–Crippen LogP) is 3.98. The Labute approximate surface area is 177 Å². The van der Waals surface area contributed by atoms with E-state index in [1.165, 1.54) is 11.8 Å². The van der Waals surface area contributed by atoms with Gasteiger partial charge in [-0.1, -0.05) is 28.1 Å². The quantitative estimate of drug-likeness (QED) is 0.521. The molecule has 29 heavy (non-hydrogen) atoms. The summed E-state index contributed by atoms with van der Waals surface area (Å²) in [6.07, 6.45) is 2.00. The van der Waals surface area contributed by atoms with Crippen molar-refractivity contribution in [1.82, 2.24) is 4.90 Å². The third-order valence-corrected chi connectivity index (χ3v) is 7.12. The van der Waals surface area contributed by atoms with Gasteiger partial charge in [-0.05, 0) is 68.3 Å². The fourth-order valence-corrected chi connectivity index (χ4v) is 5.62. The predicted molar refractivity (Wildman–Crippen MR) is 113 cm³/mol. The van der Waals surface area contributed by atoms with E-state index in [9.17, 15) is 14.4 Å². The number of hydrogen-bond acceptors (Lipinski definition) is 4. The van der Waals surface area contributed by atoms with E-state index in [0.29, 0.717) is 11.3 Å². The summed E-state index contributed by atoms with van der Waals surface area (Å²) >= 11 is 3.48. The Morgan fingerprint density at radius 1 is 0.966 bits per heavy atom. The molecule has 0 radical (unpaired) electrons. The number of ketones is 1. The molecule has 0 N–H and O–H groups in total. The van der Waals surface area contributed by atoms with Crippen molar-refractivity contribution in [1.29, 1.82) is 0 Å². The lowest BCUT2D eigenvalue weighted by Gasteiger charge is -2.29. The van der Waals surface area contributed by atoms with E-state index in [0.717, 1.165) is 29.4 Å². The maximum absolute atomic E-state index is 13.5. The molecule has 3 heterocycles. The molecule has 3 saturated heterocycles. The van der Waals surface area contributed by atoms with Gasteiger partial charge in [-0.15, -0.1) is 0 Å². The molecule has 148 valence electrons. The van der Waals surface area contributed by atoms with Crippen molar-refractivity contribution < 1.29 is 14.4 Å². The fraction of sp³-hybridized carbons (Fsp3) is 0.348. The molecule has 1 unspecified atom stereocenters. The SMILES string of the molecule is CC(=O)c1ccc(N2C(=O)[C@@H]3[C@@H](c4ccc(Br)cc4)N4CCCC4[C@@H]3C2=O)cc1. The van der Waals surface area contributed by atoms with Gasteiger partial charge < -0.3 is 0 Å². The van der Waals surface area contributed by atoms with Crippen LogP contribution in [0.25, 0.3) is 0 Å². The molecule has 0 spiro atoms. The number of nitrogens with zero attached hydrogens (tertiary/aromatic N) is 2. The second kappa shape index (κ2) is 6.89. The number of imide groups is 1. The van der Waals surface area contributed by atoms with Gasteiger partial charge >= 0.3 is 0 Å².